The highest BCUT2D eigenvalue weighted by Crippen LogP contribution is 2.30. The molecule has 0 aromatic heterocycles. The lowest BCUT2D eigenvalue weighted by molar-refractivity contribution is -0.132. The first kappa shape index (κ1) is 16.5. The quantitative estimate of drug-likeness (QED) is 0.485. The van der Waals surface area contributed by atoms with E-state index in [1.54, 1.807) is 55.7 Å². The van der Waals surface area contributed by atoms with Gasteiger partial charge < -0.3 is 14.2 Å². The van der Waals surface area contributed by atoms with Gasteiger partial charge in [0.1, 0.15) is 17.3 Å². The monoisotopic (exact) mass is 336 g/mol. The van der Waals surface area contributed by atoms with Crippen molar-refractivity contribution in [3.05, 3.63) is 71.3 Å². The maximum Gasteiger partial charge on any atom is 0.343 e. The Bertz CT molecular complexity index is 875. The van der Waals surface area contributed by atoms with Crippen LogP contribution in [0.3, 0.4) is 0 Å². The fraction of sp³-hybridized carbons (Fsp3) is 0.100. The van der Waals surface area contributed by atoms with E-state index in [-0.39, 0.29) is 0 Å². The Hall–Kier alpha value is -3.34. The summed E-state index contributed by atoms with van der Waals surface area (Å²) < 4.78 is 15.6. The minimum Gasteiger partial charge on any atom is -0.497 e. The van der Waals surface area contributed by atoms with Crippen LogP contribution in [0.1, 0.15) is 18.1 Å². The lowest BCUT2D eigenvalue weighted by Gasteiger charge is -2.05. The van der Waals surface area contributed by atoms with Gasteiger partial charge in [-0.05, 0) is 42.5 Å². The predicted molar refractivity (Wildman–Crippen MR) is 92.8 cm³/mol. The summed E-state index contributed by atoms with van der Waals surface area (Å²) >= 11 is 0. The number of hydrogen-bond acceptors (Lipinski definition) is 5. The summed E-state index contributed by atoms with van der Waals surface area (Å²) in [4.78, 5) is 23.3. The van der Waals surface area contributed by atoms with Gasteiger partial charge in [-0.1, -0.05) is 18.2 Å². The van der Waals surface area contributed by atoms with E-state index in [2.05, 4.69) is 0 Å². The molecule has 0 aliphatic carbocycles. The second kappa shape index (κ2) is 7.05. The summed E-state index contributed by atoms with van der Waals surface area (Å²) in [5, 5.41) is 0. The molecule has 0 fully saturated rings. The third-order valence-corrected chi connectivity index (χ3v) is 3.58. The Labute approximate surface area is 145 Å². The standard InChI is InChI=1S/C20H16O5/c1-13(21)24-18-6-4-3-5-15(18)11-16-12-19(25-20(16)22)14-7-9-17(23-2)10-8-14/h3-12H,1-2H3/b16-11+. The van der Waals surface area contributed by atoms with Gasteiger partial charge in [0.2, 0.25) is 0 Å². The average molecular weight is 336 g/mol. The van der Waals surface area contributed by atoms with Crippen molar-refractivity contribution in [2.24, 2.45) is 0 Å². The molecule has 25 heavy (non-hydrogen) atoms. The van der Waals surface area contributed by atoms with Gasteiger partial charge in [0.05, 0.1) is 12.7 Å². The topological polar surface area (TPSA) is 61.8 Å². The smallest absolute Gasteiger partial charge is 0.343 e. The highest BCUT2D eigenvalue weighted by molar-refractivity contribution is 6.05. The van der Waals surface area contributed by atoms with E-state index in [1.807, 2.05) is 12.1 Å². The van der Waals surface area contributed by atoms with Gasteiger partial charge >= 0.3 is 11.9 Å². The Kier molecular flexibility index (Phi) is 4.66. The van der Waals surface area contributed by atoms with Crippen LogP contribution in [0, 0.1) is 0 Å². The van der Waals surface area contributed by atoms with Crippen LogP contribution in [0.25, 0.3) is 11.8 Å². The summed E-state index contributed by atoms with van der Waals surface area (Å²) in [6.07, 6.45) is 3.30. The number of para-hydroxylation sites is 1. The zero-order valence-corrected chi connectivity index (χ0v) is 13.8. The predicted octanol–water partition coefficient (Wildman–Crippen LogP) is 3.60. The van der Waals surface area contributed by atoms with E-state index in [0.717, 1.165) is 11.3 Å². The van der Waals surface area contributed by atoms with Crippen LogP contribution in [-0.4, -0.2) is 19.0 Å². The van der Waals surface area contributed by atoms with Gasteiger partial charge in [-0.25, -0.2) is 4.79 Å². The van der Waals surface area contributed by atoms with Gasteiger partial charge in [0.25, 0.3) is 0 Å². The summed E-state index contributed by atoms with van der Waals surface area (Å²) in [6, 6.07) is 14.2. The Morgan fingerprint density at radius 2 is 1.80 bits per heavy atom. The van der Waals surface area contributed by atoms with E-state index in [0.29, 0.717) is 22.6 Å². The number of hydrogen-bond donors (Lipinski definition) is 0. The molecular weight excluding hydrogens is 320 g/mol. The molecule has 0 atom stereocenters. The van der Waals surface area contributed by atoms with Crippen LogP contribution in [0.15, 0.2) is 60.2 Å². The van der Waals surface area contributed by atoms with Gasteiger partial charge in [0.15, 0.2) is 0 Å². The highest BCUT2D eigenvalue weighted by Gasteiger charge is 2.22. The molecule has 1 heterocycles. The van der Waals surface area contributed by atoms with E-state index in [4.69, 9.17) is 14.2 Å². The molecule has 2 aromatic carbocycles. The number of rotatable bonds is 4. The molecular formula is C20H16O5. The van der Waals surface area contributed by atoms with E-state index >= 15 is 0 Å². The molecule has 0 bridgehead atoms. The van der Waals surface area contributed by atoms with Crippen LogP contribution in [0.2, 0.25) is 0 Å². The van der Waals surface area contributed by atoms with Crippen molar-refractivity contribution in [3.8, 4) is 11.5 Å². The summed E-state index contributed by atoms with van der Waals surface area (Å²) in [5.41, 5.74) is 1.77. The Morgan fingerprint density at radius 3 is 2.48 bits per heavy atom. The first-order valence-corrected chi connectivity index (χ1v) is 7.64. The number of carbonyl (C=O) groups excluding carboxylic acids is 2. The van der Waals surface area contributed by atoms with Crippen molar-refractivity contribution >= 4 is 23.8 Å². The molecule has 3 rings (SSSR count). The van der Waals surface area contributed by atoms with Crippen LogP contribution in [0.4, 0.5) is 0 Å². The normalized spacial score (nSPS) is 14.9. The highest BCUT2D eigenvalue weighted by atomic mass is 16.5. The molecule has 0 saturated heterocycles. The molecule has 1 aliphatic rings. The fourth-order valence-electron chi connectivity index (χ4n) is 2.40. The molecule has 5 heteroatoms. The zero-order chi connectivity index (χ0) is 17.8. The van der Waals surface area contributed by atoms with Crippen LogP contribution in [0.5, 0.6) is 11.5 Å². The zero-order valence-electron chi connectivity index (χ0n) is 13.8. The molecule has 0 N–H and O–H groups in total. The molecule has 0 spiro atoms. The lowest BCUT2D eigenvalue weighted by atomic mass is 10.1. The van der Waals surface area contributed by atoms with Crippen molar-refractivity contribution in [1.82, 2.24) is 0 Å². The first-order valence-electron chi connectivity index (χ1n) is 7.64. The lowest BCUT2D eigenvalue weighted by Crippen LogP contribution is -2.03. The molecule has 0 saturated carbocycles. The minimum atomic E-state index is -0.455. The van der Waals surface area contributed by atoms with Crippen molar-refractivity contribution in [2.75, 3.05) is 7.11 Å². The second-order valence-electron chi connectivity index (χ2n) is 5.36. The summed E-state index contributed by atoms with van der Waals surface area (Å²) in [7, 11) is 1.59. The second-order valence-corrected chi connectivity index (χ2v) is 5.36. The fourth-order valence-corrected chi connectivity index (χ4v) is 2.40. The SMILES string of the molecule is COc1ccc(C2=C/C(=C\c3ccccc3OC(C)=O)C(=O)O2)cc1. The third-order valence-electron chi connectivity index (χ3n) is 3.58. The van der Waals surface area contributed by atoms with E-state index in [1.165, 1.54) is 6.92 Å². The van der Waals surface area contributed by atoms with Crippen LogP contribution in [-0.2, 0) is 14.3 Å². The number of methoxy groups -OCH3 is 1. The molecule has 2 aromatic rings. The number of cyclic esters (lactones) is 1. The van der Waals surface area contributed by atoms with Gasteiger partial charge in [-0.15, -0.1) is 0 Å². The molecule has 5 nitrogen and oxygen atoms in total. The first-order chi connectivity index (χ1) is 12.1. The number of carbonyl (C=O) groups is 2. The maximum absolute atomic E-state index is 12.1. The van der Waals surface area contributed by atoms with Crippen molar-refractivity contribution < 1.29 is 23.8 Å². The molecule has 0 amide bonds. The Balaban J connectivity index is 1.92. The van der Waals surface area contributed by atoms with Gasteiger partial charge in [-0.3, -0.25) is 4.79 Å². The largest absolute Gasteiger partial charge is 0.497 e. The van der Waals surface area contributed by atoms with Crippen molar-refractivity contribution in [3.63, 3.8) is 0 Å². The average Bonchev–Trinajstić information content (AvgIpc) is 2.97. The Morgan fingerprint density at radius 1 is 1.08 bits per heavy atom. The summed E-state index contributed by atoms with van der Waals surface area (Å²) in [5.74, 6) is 0.697. The molecule has 0 radical (unpaired) electrons. The minimum absolute atomic E-state index is 0.380. The van der Waals surface area contributed by atoms with Crippen molar-refractivity contribution in [1.29, 1.82) is 0 Å². The van der Waals surface area contributed by atoms with E-state index < -0.39 is 11.9 Å². The van der Waals surface area contributed by atoms with Crippen LogP contribution >= 0.6 is 0 Å². The molecule has 1 aliphatic heterocycles. The van der Waals surface area contributed by atoms with Crippen molar-refractivity contribution in [2.45, 2.75) is 6.92 Å². The molecule has 0 unspecified atom stereocenters. The number of ether oxygens (including phenoxy) is 3. The van der Waals surface area contributed by atoms with Gasteiger partial charge in [0, 0.05) is 18.1 Å². The molecule has 126 valence electrons. The number of esters is 2. The van der Waals surface area contributed by atoms with Crippen LogP contribution < -0.4 is 9.47 Å². The maximum atomic E-state index is 12.1. The number of benzene rings is 2. The van der Waals surface area contributed by atoms with Gasteiger partial charge in [-0.2, -0.15) is 0 Å². The third kappa shape index (κ3) is 3.77. The summed E-state index contributed by atoms with van der Waals surface area (Å²) in [6.45, 7) is 1.33. The van der Waals surface area contributed by atoms with E-state index in [9.17, 15) is 9.59 Å².